The highest BCUT2D eigenvalue weighted by molar-refractivity contribution is 7.09. The highest BCUT2D eigenvalue weighted by Gasteiger charge is 2.07. The SMILES string of the molecule is CC(Cc1cccs1)Nc1nccc2ccccc12. The fraction of sp³-hybridized carbons (Fsp3) is 0.188. The second-order valence-electron chi connectivity index (χ2n) is 4.71. The van der Waals surface area contributed by atoms with Gasteiger partial charge in [-0.25, -0.2) is 4.98 Å². The topological polar surface area (TPSA) is 24.9 Å². The van der Waals surface area contributed by atoms with Gasteiger partial charge in [0.1, 0.15) is 5.82 Å². The maximum atomic E-state index is 4.47. The lowest BCUT2D eigenvalue weighted by Crippen LogP contribution is -2.18. The first-order valence-corrected chi connectivity index (χ1v) is 7.33. The maximum absolute atomic E-state index is 4.47. The number of nitrogens with one attached hydrogen (secondary N) is 1. The number of hydrogen-bond acceptors (Lipinski definition) is 3. The Hall–Kier alpha value is -1.87. The minimum atomic E-state index is 0.372. The van der Waals surface area contributed by atoms with E-state index in [2.05, 4.69) is 59.0 Å². The first-order chi connectivity index (χ1) is 9.33. The van der Waals surface area contributed by atoms with Crippen molar-refractivity contribution in [3.8, 4) is 0 Å². The quantitative estimate of drug-likeness (QED) is 0.761. The van der Waals surface area contributed by atoms with Gasteiger partial charge in [-0.15, -0.1) is 11.3 Å². The lowest BCUT2D eigenvalue weighted by Gasteiger charge is -2.15. The van der Waals surface area contributed by atoms with Crippen molar-refractivity contribution >= 4 is 27.9 Å². The highest BCUT2D eigenvalue weighted by Crippen LogP contribution is 2.22. The van der Waals surface area contributed by atoms with Gasteiger partial charge in [-0.3, -0.25) is 0 Å². The molecular formula is C16H16N2S. The van der Waals surface area contributed by atoms with Crippen molar-refractivity contribution < 1.29 is 0 Å². The highest BCUT2D eigenvalue weighted by atomic mass is 32.1. The Labute approximate surface area is 117 Å². The molecule has 2 heterocycles. The average Bonchev–Trinajstić information content (AvgIpc) is 2.92. The van der Waals surface area contributed by atoms with Gasteiger partial charge in [0.05, 0.1) is 0 Å². The van der Waals surface area contributed by atoms with E-state index in [9.17, 15) is 0 Å². The number of aromatic nitrogens is 1. The summed E-state index contributed by atoms with van der Waals surface area (Å²) >= 11 is 1.81. The van der Waals surface area contributed by atoms with E-state index < -0.39 is 0 Å². The van der Waals surface area contributed by atoms with Gasteiger partial charge in [0, 0.05) is 28.9 Å². The van der Waals surface area contributed by atoms with Crippen LogP contribution in [0.3, 0.4) is 0 Å². The van der Waals surface area contributed by atoms with Crippen LogP contribution in [0, 0.1) is 0 Å². The Morgan fingerprint density at radius 1 is 1.16 bits per heavy atom. The van der Waals surface area contributed by atoms with Crippen molar-refractivity contribution in [3.63, 3.8) is 0 Å². The molecule has 1 aromatic carbocycles. The predicted octanol–water partition coefficient (Wildman–Crippen LogP) is 4.34. The summed E-state index contributed by atoms with van der Waals surface area (Å²) in [6.07, 6.45) is 2.89. The Balaban J connectivity index is 1.81. The van der Waals surface area contributed by atoms with E-state index in [1.807, 2.05) is 12.3 Å². The zero-order valence-corrected chi connectivity index (χ0v) is 11.7. The summed E-state index contributed by atoms with van der Waals surface area (Å²) in [6.45, 7) is 2.20. The fourth-order valence-corrected chi connectivity index (χ4v) is 3.08. The molecule has 0 radical (unpaired) electrons. The van der Waals surface area contributed by atoms with Crippen LogP contribution in [0.1, 0.15) is 11.8 Å². The molecule has 0 amide bonds. The van der Waals surface area contributed by atoms with Gasteiger partial charge in [-0.05, 0) is 29.8 Å². The Morgan fingerprint density at radius 3 is 2.89 bits per heavy atom. The van der Waals surface area contributed by atoms with E-state index in [0.717, 1.165) is 12.2 Å². The molecule has 1 N–H and O–H groups in total. The molecule has 0 saturated heterocycles. The standard InChI is InChI=1S/C16H16N2S/c1-12(11-14-6-4-10-19-14)18-16-15-7-3-2-5-13(15)8-9-17-16/h2-10,12H,11H2,1H3,(H,17,18). The van der Waals surface area contributed by atoms with E-state index in [-0.39, 0.29) is 0 Å². The van der Waals surface area contributed by atoms with Gasteiger partial charge in [0.15, 0.2) is 0 Å². The first kappa shape index (κ1) is 12.2. The molecule has 0 bridgehead atoms. The summed E-state index contributed by atoms with van der Waals surface area (Å²) in [5.74, 6) is 0.974. The molecule has 0 spiro atoms. The molecule has 2 aromatic heterocycles. The maximum Gasteiger partial charge on any atom is 0.134 e. The Morgan fingerprint density at radius 2 is 2.05 bits per heavy atom. The van der Waals surface area contributed by atoms with Crippen LogP contribution in [0.2, 0.25) is 0 Å². The molecule has 0 fully saturated rings. The average molecular weight is 268 g/mol. The number of thiophene rings is 1. The van der Waals surface area contributed by atoms with Crippen LogP contribution in [-0.4, -0.2) is 11.0 Å². The van der Waals surface area contributed by atoms with Crippen molar-refractivity contribution in [3.05, 3.63) is 58.9 Å². The Kier molecular flexibility index (Phi) is 3.47. The lowest BCUT2D eigenvalue weighted by atomic mass is 10.1. The van der Waals surface area contributed by atoms with Crippen molar-refractivity contribution in [1.82, 2.24) is 4.98 Å². The molecule has 1 unspecified atom stereocenters. The van der Waals surface area contributed by atoms with E-state index in [0.29, 0.717) is 6.04 Å². The summed E-state index contributed by atoms with van der Waals surface area (Å²) in [5.41, 5.74) is 0. The molecular weight excluding hydrogens is 252 g/mol. The number of fused-ring (bicyclic) bond motifs is 1. The molecule has 0 aliphatic rings. The minimum absolute atomic E-state index is 0.372. The van der Waals surface area contributed by atoms with Crippen molar-refractivity contribution in [1.29, 1.82) is 0 Å². The smallest absolute Gasteiger partial charge is 0.134 e. The van der Waals surface area contributed by atoms with Crippen molar-refractivity contribution in [2.45, 2.75) is 19.4 Å². The predicted molar refractivity (Wildman–Crippen MR) is 82.9 cm³/mol. The molecule has 0 aliphatic carbocycles. The first-order valence-electron chi connectivity index (χ1n) is 6.45. The van der Waals surface area contributed by atoms with Crippen LogP contribution in [0.4, 0.5) is 5.82 Å². The molecule has 2 nitrogen and oxygen atoms in total. The van der Waals surface area contributed by atoms with E-state index in [1.54, 1.807) is 11.3 Å². The van der Waals surface area contributed by atoms with Crippen LogP contribution in [-0.2, 0) is 6.42 Å². The fourth-order valence-electron chi connectivity index (χ4n) is 2.25. The zero-order valence-electron chi connectivity index (χ0n) is 10.8. The number of anilines is 1. The van der Waals surface area contributed by atoms with E-state index >= 15 is 0 Å². The van der Waals surface area contributed by atoms with Crippen LogP contribution >= 0.6 is 11.3 Å². The van der Waals surface area contributed by atoms with Crippen molar-refractivity contribution in [2.24, 2.45) is 0 Å². The zero-order chi connectivity index (χ0) is 13.1. The third kappa shape index (κ3) is 2.76. The molecule has 19 heavy (non-hydrogen) atoms. The van der Waals surface area contributed by atoms with Gasteiger partial charge < -0.3 is 5.32 Å². The summed E-state index contributed by atoms with van der Waals surface area (Å²) in [4.78, 5) is 5.87. The van der Waals surface area contributed by atoms with Gasteiger partial charge in [-0.2, -0.15) is 0 Å². The van der Waals surface area contributed by atoms with E-state index in [4.69, 9.17) is 0 Å². The van der Waals surface area contributed by atoms with E-state index in [1.165, 1.54) is 15.6 Å². The van der Waals surface area contributed by atoms with Gasteiger partial charge in [-0.1, -0.05) is 30.3 Å². The monoisotopic (exact) mass is 268 g/mol. The molecule has 1 atom stereocenters. The summed E-state index contributed by atoms with van der Waals surface area (Å²) in [7, 11) is 0. The van der Waals surface area contributed by atoms with Crippen LogP contribution in [0.25, 0.3) is 10.8 Å². The van der Waals surface area contributed by atoms with Crippen LogP contribution in [0.15, 0.2) is 54.0 Å². The summed E-state index contributed by atoms with van der Waals surface area (Å²) in [6, 6.07) is 15.0. The van der Waals surface area contributed by atoms with Gasteiger partial charge in [0.25, 0.3) is 0 Å². The number of hydrogen-bond donors (Lipinski definition) is 1. The number of rotatable bonds is 4. The Bertz CT molecular complexity index is 656. The second kappa shape index (κ2) is 5.41. The summed E-state index contributed by atoms with van der Waals surface area (Å²) < 4.78 is 0. The summed E-state index contributed by atoms with van der Waals surface area (Å²) in [5, 5.41) is 8.05. The third-order valence-electron chi connectivity index (χ3n) is 3.14. The molecule has 3 heteroatoms. The number of benzene rings is 1. The number of pyridine rings is 1. The van der Waals surface area contributed by atoms with Crippen LogP contribution < -0.4 is 5.32 Å². The third-order valence-corrected chi connectivity index (χ3v) is 4.04. The second-order valence-corrected chi connectivity index (χ2v) is 5.74. The largest absolute Gasteiger partial charge is 0.367 e. The lowest BCUT2D eigenvalue weighted by molar-refractivity contribution is 0.796. The molecule has 3 rings (SSSR count). The van der Waals surface area contributed by atoms with Gasteiger partial charge in [0.2, 0.25) is 0 Å². The normalized spacial score (nSPS) is 12.5. The van der Waals surface area contributed by atoms with Crippen LogP contribution in [0.5, 0.6) is 0 Å². The molecule has 3 aromatic rings. The number of nitrogens with zero attached hydrogens (tertiary/aromatic N) is 1. The van der Waals surface area contributed by atoms with Crippen molar-refractivity contribution in [2.75, 3.05) is 5.32 Å². The molecule has 0 saturated carbocycles. The molecule has 96 valence electrons. The minimum Gasteiger partial charge on any atom is -0.367 e. The molecule has 0 aliphatic heterocycles. The van der Waals surface area contributed by atoms with Gasteiger partial charge >= 0.3 is 0 Å².